The van der Waals surface area contributed by atoms with E-state index in [0.29, 0.717) is 0 Å². The lowest BCUT2D eigenvalue weighted by Crippen LogP contribution is -2.16. The van der Waals surface area contributed by atoms with Crippen molar-refractivity contribution in [2.45, 2.75) is 19.3 Å². The molecule has 11 aromatic rings. The summed E-state index contributed by atoms with van der Waals surface area (Å²) in [4.78, 5) is 2.40. The fourth-order valence-electron chi connectivity index (χ4n) is 10.1. The largest absolute Gasteiger partial charge is 0.310 e. The van der Waals surface area contributed by atoms with Gasteiger partial charge in [-0.25, -0.2) is 0 Å². The molecule has 0 aliphatic heterocycles. The normalized spacial score (nSPS) is 12.7. The van der Waals surface area contributed by atoms with Crippen LogP contribution in [0, 0.1) is 0 Å². The van der Waals surface area contributed by atoms with Crippen LogP contribution in [0.4, 0.5) is 17.1 Å². The Hall–Kier alpha value is -7.94. The third-order valence-corrected chi connectivity index (χ3v) is 13.4. The smallest absolute Gasteiger partial charge is 0.0541 e. The zero-order valence-corrected chi connectivity index (χ0v) is 35.3. The fraction of sp³-hybridized carbons (Fsp3) is 0.0492. The van der Waals surface area contributed by atoms with E-state index in [2.05, 4.69) is 254 Å². The lowest BCUT2D eigenvalue weighted by atomic mass is 9.82. The zero-order valence-electron chi connectivity index (χ0n) is 35.3. The molecule has 2 nitrogen and oxygen atoms in total. The van der Waals surface area contributed by atoms with Gasteiger partial charge in [0.15, 0.2) is 0 Å². The second-order valence-corrected chi connectivity index (χ2v) is 17.4. The number of para-hydroxylation sites is 1. The number of benzene rings is 10. The van der Waals surface area contributed by atoms with Gasteiger partial charge in [0, 0.05) is 38.9 Å². The first-order chi connectivity index (χ1) is 31.0. The summed E-state index contributed by atoms with van der Waals surface area (Å²) in [5, 5.41) is 5.01. The lowest BCUT2D eigenvalue weighted by Gasteiger charge is -2.28. The molecule has 0 bridgehead atoms. The van der Waals surface area contributed by atoms with Crippen molar-refractivity contribution in [3.05, 3.63) is 242 Å². The van der Waals surface area contributed by atoms with Crippen molar-refractivity contribution in [3.8, 4) is 50.2 Å². The maximum absolute atomic E-state index is 2.41. The summed E-state index contributed by atoms with van der Waals surface area (Å²) in [5.74, 6) is 0. The minimum atomic E-state index is -0.0939. The predicted molar refractivity (Wildman–Crippen MR) is 267 cm³/mol. The second kappa shape index (κ2) is 14.6. The van der Waals surface area contributed by atoms with Crippen molar-refractivity contribution in [1.29, 1.82) is 0 Å². The van der Waals surface area contributed by atoms with Gasteiger partial charge in [0.1, 0.15) is 0 Å². The van der Waals surface area contributed by atoms with Crippen LogP contribution in [-0.2, 0) is 5.41 Å². The van der Waals surface area contributed by atoms with Crippen LogP contribution in [0.5, 0.6) is 0 Å². The van der Waals surface area contributed by atoms with Gasteiger partial charge in [-0.05, 0) is 133 Å². The van der Waals surface area contributed by atoms with Crippen molar-refractivity contribution < 1.29 is 0 Å². The van der Waals surface area contributed by atoms with E-state index in [0.717, 1.165) is 17.1 Å². The average Bonchev–Trinajstić information content (AvgIpc) is 3.80. The van der Waals surface area contributed by atoms with E-state index >= 15 is 0 Å². The average molecular weight is 805 g/mol. The predicted octanol–water partition coefficient (Wildman–Crippen LogP) is 16.7. The monoisotopic (exact) mass is 804 g/mol. The SMILES string of the molecule is CC1(C)c2ccccc2-c2ccc(N(c3ccc(-c4ccccc4)cc3)c3ccc(-c4ccc(-c5ccc6c(c5)c5ccccc5n6-c5ccc6ccccc6c5)cc4)cc3)cc21. The van der Waals surface area contributed by atoms with Gasteiger partial charge in [0.2, 0.25) is 0 Å². The van der Waals surface area contributed by atoms with E-state index in [1.807, 2.05) is 0 Å². The molecular weight excluding hydrogens is 761 g/mol. The van der Waals surface area contributed by atoms with Gasteiger partial charge in [-0.1, -0.05) is 178 Å². The molecule has 1 heterocycles. The number of aromatic nitrogens is 1. The summed E-state index contributed by atoms with van der Waals surface area (Å²) in [6.07, 6.45) is 0. The molecule has 0 saturated carbocycles. The Morgan fingerprint density at radius 1 is 0.333 bits per heavy atom. The summed E-state index contributed by atoms with van der Waals surface area (Å²) >= 11 is 0. The highest BCUT2D eigenvalue weighted by molar-refractivity contribution is 6.10. The summed E-state index contributed by atoms with van der Waals surface area (Å²) in [6, 6.07) is 84.6. The molecule has 0 N–H and O–H groups in total. The molecule has 1 aromatic heterocycles. The zero-order chi connectivity index (χ0) is 42.1. The number of fused-ring (bicyclic) bond motifs is 7. The quantitative estimate of drug-likeness (QED) is 0.156. The number of hydrogen-bond donors (Lipinski definition) is 0. The molecule has 0 radical (unpaired) electrons. The third-order valence-electron chi connectivity index (χ3n) is 13.4. The Kier molecular flexibility index (Phi) is 8.55. The van der Waals surface area contributed by atoms with Crippen LogP contribution in [-0.4, -0.2) is 4.57 Å². The Balaban J connectivity index is 0.877. The van der Waals surface area contributed by atoms with Gasteiger partial charge in [-0.3, -0.25) is 0 Å². The number of rotatable bonds is 7. The van der Waals surface area contributed by atoms with Crippen LogP contribution in [0.2, 0.25) is 0 Å². The molecule has 10 aromatic carbocycles. The lowest BCUT2D eigenvalue weighted by molar-refractivity contribution is 0.660. The van der Waals surface area contributed by atoms with Gasteiger partial charge in [-0.2, -0.15) is 0 Å². The first-order valence-corrected chi connectivity index (χ1v) is 21.9. The molecule has 12 rings (SSSR count). The Bertz CT molecular complexity index is 3500. The molecule has 63 heavy (non-hydrogen) atoms. The van der Waals surface area contributed by atoms with E-state index in [1.165, 1.54) is 93.9 Å². The Morgan fingerprint density at radius 2 is 0.857 bits per heavy atom. The Labute approximate surface area is 368 Å². The summed E-state index contributed by atoms with van der Waals surface area (Å²) in [5.41, 5.74) is 19.5. The van der Waals surface area contributed by atoms with Crippen molar-refractivity contribution in [2.24, 2.45) is 0 Å². The van der Waals surface area contributed by atoms with Crippen LogP contribution in [0.15, 0.2) is 231 Å². The number of nitrogens with zero attached hydrogens (tertiary/aromatic N) is 2. The molecule has 0 unspecified atom stereocenters. The van der Waals surface area contributed by atoms with Crippen LogP contribution >= 0.6 is 0 Å². The molecule has 0 amide bonds. The first kappa shape index (κ1) is 36.9. The van der Waals surface area contributed by atoms with Crippen molar-refractivity contribution >= 4 is 49.6 Å². The fourth-order valence-corrected chi connectivity index (χ4v) is 10.1. The number of hydrogen-bond acceptors (Lipinski definition) is 1. The van der Waals surface area contributed by atoms with E-state index in [4.69, 9.17) is 0 Å². The van der Waals surface area contributed by atoms with Crippen molar-refractivity contribution in [2.75, 3.05) is 4.90 Å². The van der Waals surface area contributed by atoms with Gasteiger partial charge >= 0.3 is 0 Å². The van der Waals surface area contributed by atoms with E-state index in [9.17, 15) is 0 Å². The van der Waals surface area contributed by atoms with Gasteiger partial charge < -0.3 is 9.47 Å². The van der Waals surface area contributed by atoms with E-state index < -0.39 is 0 Å². The molecule has 1 aliphatic carbocycles. The number of anilines is 3. The third kappa shape index (κ3) is 6.17. The molecule has 0 fully saturated rings. The standard InChI is InChI=1S/C61H44N2/c1-61(2)57-18-10-8-16-53(57)54-36-35-52(40-58(54)61)62(49-30-24-44(25-31-49)41-12-4-3-5-13-41)50-32-26-45(27-33-50)43-20-22-46(23-21-43)48-29-37-60-56(39-48)55-17-9-11-19-59(55)63(60)51-34-28-42-14-6-7-15-47(42)38-51/h3-40H,1-2H3. The molecule has 0 spiro atoms. The maximum Gasteiger partial charge on any atom is 0.0541 e. The minimum Gasteiger partial charge on any atom is -0.310 e. The second-order valence-electron chi connectivity index (χ2n) is 17.4. The highest BCUT2D eigenvalue weighted by atomic mass is 15.1. The maximum atomic E-state index is 2.41. The first-order valence-electron chi connectivity index (χ1n) is 21.9. The van der Waals surface area contributed by atoms with Crippen LogP contribution in [0.1, 0.15) is 25.0 Å². The molecule has 0 saturated heterocycles. The minimum absolute atomic E-state index is 0.0939. The molecule has 2 heteroatoms. The summed E-state index contributed by atoms with van der Waals surface area (Å²) < 4.78 is 2.40. The van der Waals surface area contributed by atoms with E-state index in [-0.39, 0.29) is 5.41 Å². The van der Waals surface area contributed by atoms with Crippen LogP contribution in [0.3, 0.4) is 0 Å². The topological polar surface area (TPSA) is 8.17 Å². The van der Waals surface area contributed by atoms with Gasteiger partial charge in [0.05, 0.1) is 11.0 Å². The van der Waals surface area contributed by atoms with E-state index in [1.54, 1.807) is 0 Å². The molecular formula is C61H44N2. The summed E-state index contributed by atoms with van der Waals surface area (Å²) in [7, 11) is 0. The molecule has 0 atom stereocenters. The van der Waals surface area contributed by atoms with Crippen LogP contribution < -0.4 is 4.90 Å². The summed E-state index contributed by atoms with van der Waals surface area (Å²) in [6.45, 7) is 4.70. The van der Waals surface area contributed by atoms with Gasteiger partial charge in [0.25, 0.3) is 0 Å². The van der Waals surface area contributed by atoms with Crippen molar-refractivity contribution in [1.82, 2.24) is 4.57 Å². The highest BCUT2D eigenvalue weighted by Gasteiger charge is 2.35. The highest BCUT2D eigenvalue weighted by Crippen LogP contribution is 2.51. The molecule has 298 valence electrons. The van der Waals surface area contributed by atoms with Crippen molar-refractivity contribution in [3.63, 3.8) is 0 Å². The Morgan fingerprint density at radius 3 is 1.59 bits per heavy atom. The molecule has 1 aliphatic rings. The van der Waals surface area contributed by atoms with Crippen LogP contribution in [0.25, 0.3) is 82.8 Å². The van der Waals surface area contributed by atoms with Gasteiger partial charge in [-0.15, -0.1) is 0 Å².